The van der Waals surface area contributed by atoms with Gasteiger partial charge in [0.25, 0.3) is 0 Å². The molecule has 25 heavy (non-hydrogen) atoms. The lowest BCUT2D eigenvalue weighted by molar-refractivity contribution is 0.0649. The lowest BCUT2D eigenvalue weighted by Crippen LogP contribution is -2.49. The van der Waals surface area contributed by atoms with Gasteiger partial charge >= 0.3 is 0 Å². The first kappa shape index (κ1) is 18.0. The lowest BCUT2D eigenvalue weighted by atomic mass is 10.2. The summed E-state index contributed by atoms with van der Waals surface area (Å²) in [4.78, 5) is 4.47. The van der Waals surface area contributed by atoms with Crippen molar-refractivity contribution in [1.29, 1.82) is 0 Å². The van der Waals surface area contributed by atoms with Crippen molar-refractivity contribution in [3.63, 3.8) is 0 Å². The average Bonchev–Trinajstić information content (AvgIpc) is 2.62. The van der Waals surface area contributed by atoms with Crippen molar-refractivity contribution in [3.8, 4) is 5.75 Å². The fourth-order valence-electron chi connectivity index (χ4n) is 2.96. The molecule has 0 unspecified atom stereocenters. The summed E-state index contributed by atoms with van der Waals surface area (Å²) in [7, 11) is 0. The van der Waals surface area contributed by atoms with Crippen LogP contribution in [0.2, 0.25) is 5.02 Å². The third kappa shape index (κ3) is 5.08. The van der Waals surface area contributed by atoms with Crippen molar-refractivity contribution in [2.24, 2.45) is 0 Å². The number of benzene rings is 2. The van der Waals surface area contributed by atoms with Crippen molar-refractivity contribution < 1.29 is 14.2 Å². The van der Waals surface area contributed by atoms with E-state index >= 15 is 0 Å². The quantitative estimate of drug-likeness (QED) is 0.854. The largest absolute Gasteiger partial charge is 0.488 e. The van der Waals surface area contributed by atoms with Crippen LogP contribution in [0.15, 0.2) is 48.5 Å². The van der Waals surface area contributed by atoms with Gasteiger partial charge in [0.05, 0.1) is 0 Å². The van der Waals surface area contributed by atoms with Crippen molar-refractivity contribution in [2.45, 2.75) is 6.10 Å². The summed E-state index contributed by atoms with van der Waals surface area (Å²) >= 11 is 6.05. The van der Waals surface area contributed by atoms with Crippen LogP contribution >= 0.6 is 11.6 Å². The second-order valence-corrected chi connectivity index (χ2v) is 6.60. The molecule has 1 N–H and O–H groups in total. The maximum atomic E-state index is 13.5. The summed E-state index contributed by atoms with van der Waals surface area (Å²) in [5, 5.41) is 10.9. The SMILES string of the molecule is O[C@H](COc1ccccc1F)CN1CCN(c2cccc(Cl)c2)CC1. The monoisotopic (exact) mass is 364 g/mol. The van der Waals surface area contributed by atoms with E-state index in [9.17, 15) is 9.50 Å². The highest BCUT2D eigenvalue weighted by atomic mass is 35.5. The Hall–Kier alpha value is -1.82. The topological polar surface area (TPSA) is 35.9 Å². The molecule has 1 atom stereocenters. The third-order valence-electron chi connectivity index (χ3n) is 4.28. The van der Waals surface area contributed by atoms with Crippen LogP contribution in [-0.4, -0.2) is 55.4 Å². The Morgan fingerprint density at radius 3 is 2.56 bits per heavy atom. The number of ether oxygens (including phenoxy) is 1. The first-order valence-corrected chi connectivity index (χ1v) is 8.78. The Morgan fingerprint density at radius 1 is 1.08 bits per heavy atom. The number of para-hydroxylation sites is 1. The van der Waals surface area contributed by atoms with Crippen molar-refractivity contribution in [1.82, 2.24) is 4.90 Å². The lowest BCUT2D eigenvalue weighted by Gasteiger charge is -2.36. The maximum Gasteiger partial charge on any atom is 0.165 e. The van der Waals surface area contributed by atoms with Crippen LogP contribution in [0.4, 0.5) is 10.1 Å². The molecule has 134 valence electrons. The Morgan fingerprint density at radius 2 is 1.84 bits per heavy atom. The van der Waals surface area contributed by atoms with E-state index in [0.717, 1.165) is 36.9 Å². The third-order valence-corrected chi connectivity index (χ3v) is 4.52. The molecular formula is C19H22ClFN2O2. The summed E-state index contributed by atoms with van der Waals surface area (Å²) in [6, 6.07) is 14.1. The molecule has 6 heteroatoms. The molecule has 1 aliphatic heterocycles. The Kier molecular flexibility index (Phi) is 6.13. The molecule has 1 heterocycles. The van der Waals surface area contributed by atoms with E-state index < -0.39 is 11.9 Å². The fraction of sp³-hybridized carbons (Fsp3) is 0.368. The number of rotatable bonds is 6. The Balaban J connectivity index is 1.43. The highest BCUT2D eigenvalue weighted by Gasteiger charge is 2.20. The highest BCUT2D eigenvalue weighted by Crippen LogP contribution is 2.21. The van der Waals surface area contributed by atoms with Crippen LogP contribution < -0.4 is 9.64 Å². The van der Waals surface area contributed by atoms with Crippen LogP contribution in [0.5, 0.6) is 5.75 Å². The first-order valence-electron chi connectivity index (χ1n) is 8.40. The van der Waals surface area contributed by atoms with E-state index in [2.05, 4.69) is 15.9 Å². The maximum absolute atomic E-state index is 13.5. The zero-order chi connectivity index (χ0) is 17.6. The molecule has 0 spiro atoms. The van der Waals surface area contributed by atoms with Gasteiger partial charge in [-0.05, 0) is 30.3 Å². The highest BCUT2D eigenvalue weighted by molar-refractivity contribution is 6.30. The zero-order valence-electron chi connectivity index (χ0n) is 13.9. The summed E-state index contributed by atoms with van der Waals surface area (Å²) < 4.78 is 18.9. The number of hydrogen-bond donors (Lipinski definition) is 1. The van der Waals surface area contributed by atoms with Crippen LogP contribution in [0.1, 0.15) is 0 Å². The second kappa shape index (κ2) is 8.52. The number of aliphatic hydroxyl groups excluding tert-OH is 1. The normalized spacial score (nSPS) is 16.7. The van der Waals surface area contributed by atoms with E-state index in [1.165, 1.54) is 6.07 Å². The van der Waals surface area contributed by atoms with Gasteiger partial charge in [0.2, 0.25) is 0 Å². The van der Waals surface area contributed by atoms with E-state index in [4.69, 9.17) is 16.3 Å². The van der Waals surface area contributed by atoms with Crippen molar-refractivity contribution in [2.75, 3.05) is 44.2 Å². The van der Waals surface area contributed by atoms with Crippen LogP contribution in [0, 0.1) is 5.82 Å². The fourth-order valence-corrected chi connectivity index (χ4v) is 3.14. The minimum Gasteiger partial charge on any atom is -0.488 e. The van der Waals surface area contributed by atoms with E-state index in [1.807, 2.05) is 18.2 Å². The molecule has 1 fully saturated rings. The molecule has 0 amide bonds. The second-order valence-electron chi connectivity index (χ2n) is 6.16. The molecule has 0 aromatic heterocycles. The van der Waals surface area contributed by atoms with Gasteiger partial charge in [0.1, 0.15) is 12.7 Å². The minimum absolute atomic E-state index is 0.0788. The number of nitrogens with zero attached hydrogens (tertiary/aromatic N) is 2. The van der Waals surface area contributed by atoms with Crippen molar-refractivity contribution in [3.05, 3.63) is 59.4 Å². The van der Waals surface area contributed by atoms with E-state index in [-0.39, 0.29) is 12.4 Å². The Labute approximate surface area is 152 Å². The number of aliphatic hydroxyl groups is 1. The number of hydrogen-bond acceptors (Lipinski definition) is 4. The number of β-amino-alcohol motifs (C(OH)–C–C–N with tert-alkyl or cyclic N) is 1. The molecule has 2 aromatic carbocycles. The van der Waals surface area contributed by atoms with Gasteiger partial charge in [-0.3, -0.25) is 4.90 Å². The molecule has 4 nitrogen and oxygen atoms in total. The summed E-state index contributed by atoms with van der Waals surface area (Å²) in [5.74, 6) is -0.239. The smallest absolute Gasteiger partial charge is 0.165 e. The average molecular weight is 365 g/mol. The Bertz CT molecular complexity index is 693. The summed E-state index contributed by atoms with van der Waals surface area (Å²) in [5.41, 5.74) is 1.12. The standard InChI is InChI=1S/C19H22ClFN2O2/c20-15-4-3-5-16(12-15)23-10-8-22(9-11-23)13-17(24)14-25-19-7-2-1-6-18(19)21/h1-7,12,17,24H,8-11,13-14H2/t17-/m0/s1. The van der Waals surface area contributed by atoms with Gasteiger partial charge in [0, 0.05) is 43.4 Å². The molecule has 1 aliphatic rings. The molecule has 0 bridgehead atoms. The summed E-state index contributed by atoms with van der Waals surface area (Å²) in [6.07, 6.45) is -0.655. The number of halogens is 2. The zero-order valence-corrected chi connectivity index (χ0v) is 14.7. The predicted molar refractivity (Wildman–Crippen MR) is 98.0 cm³/mol. The number of anilines is 1. The van der Waals surface area contributed by atoms with Crippen molar-refractivity contribution >= 4 is 17.3 Å². The molecule has 0 aliphatic carbocycles. The van der Waals surface area contributed by atoms with Gasteiger partial charge in [-0.25, -0.2) is 4.39 Å². The predicted octanol–water partition coefficient (Wildman–Crippen LogP) is 3.04. The molecular weight excluding hydrogens is 343 g/mol. The molecule has 2 aromatic rings. The van der Waals surface area contributed by atoms with Gasteiger partial charge in [-0.1, -0.05) is 29.8 Å². The van der Waals surface area contributed by atoms with Crippen LogP contribution in [0.25, 0.3) is 0 Å². The van der Waals surface area contributed by atoms with E-state index in [1.54, 1.807) is 18.2 Å². The van der Waals surface area contributed by atoms with Gasteiger partial charge in [0.15, 0.2) is 11.6 Å². The van der Waals surface area contributed by atoms with Gasteiger partial charge in [-0.15, -0.1) is 0 Å². The first-order chi connectivity index (χ1) is 12.1. The van der Waals surface area contributed by atoms with Gasteiger partial charge < -0.3 is 14.7 Å². The van der Waals surface area contributed by atoms with Gasteiger partial charge in [-0.2, -0.15) is 0 Å². The molecule has 0 saturated carbocycles. The van der Waals surface area contributed by atoms with Crippen LogP contribution in [-0.2, 0) is 0 Å². The van der Waals surface area contributed by atoms with E-state index in [0.29, 0.717) is 6.54 Å². The summed E-state index contributed by atoms with van der Waals surface area (Å²) in [6.45, 7) is 4.04. The van der Waals surface area contributed by atoms with Crippen LogP contribution in [0.3, 0.4) is 0 Å². The molecule has 0 radical (unpaired) electrons. The molecule has 1 saturated heterocycles. The number of piperazine rings is 1. The molecule has 3 rings (SSSR count). The minimum atomic E-state index is -0.655.